The van der Waals surface area contributed by atoms with Crippen LogP contribution in [0, 0.1) is 10.8 Å². The Bertz CT molecular complexity index is 1470. The first-order valence-corrected chi connectivity index (χ1v) is 10.8. The molecule has 148 valence electrons. The van der Waals surface area contributed by atoms with Crippen LogP contribution < -0.4 is 5.56 Å². The van der Waals surface area contributed by atoms with Crippen molar-refractivity contribution in [1.82, 2.24) is 14.4 Å². The van der Waals surface area contributed by atoms with E-state index in [-0.39, 0.29) is 16.4 Å². The van der Waals surface area contributed by atoms with E-state index < -0.39 is 0 Å². The van der Waals surface area contributed by atoms with E-state index in [0.717, 1.165) is 46.1 Å². The molecule has 0 N–H and O–H groups in total. The van der Waals surface area contributed by atoms with Crippen molar-refractivity contribution in [3.8, 4) is 11.1 Å². The van der Waals surface area contributed by atoms with Crippen LogP contribution in [0.1, 0.15) is 50.8 Å². The summed E-state index contributed by atoms with van der Waals surface area (Å²) in [5, 5.41) is 0.939. The van der Waals surface area contributed by atoms with Gasteiger partial charge in [-0.15, -0.1) is 0 Å². The average Bonchev–Trinajstić information content (AvgIpc) is 2.84. The summed E-state index contributed by atoms with van der Waals surface area (Å²) >= 11 is 0. The quantitative estimate of drug-likeness (QED) is 0.424. The van der Waals surface area contributed by atoms with E-state index in [2.05, 4.69) is 65.6 Å². The van der Waals surface area contributed by atoms with Crippen LogP contribution in [0.2, 0.25) is 0 Å². The number of benzene rings is 1. The third kappa shape index (κ3) is 1.53. The van der Waals surface area contributed by atoms with E-state index in [1.54, 1.807) is 0 Å². The molecule has 1 aromatic carbocycles. The molecule has 0 spiro atoms. The number of fused-ring (bicyclic) bond motifs is 7. The van der Waals surface area contributed by atoms with Gasteiger partial charge in [0.05, 0.1) is 5.52 Å². The number of hydrogen-bond acceptors (Lipinski definition) is 3. The molecule has 2 saturated carbocycles. The summed E-state index contributed by atoms with van der Waals surface area (Å²) in [5.41, 5.74) is 6.48. The van der Waals surface area contributed by atoms with Gasteiger partial charge in [-0.2, -0.15) is 4.98 Å². The van der Waals surface area contributed by atoms with E-state index in [4.69, 9.17) is 0 Å². The van der Waals surface area contributed by atoms with Crippen molar-refractivity contribution in [2.45, 2.75) is 44.9 Å². The summed E-state index contributed by atoms with van der Waals surface area (Å²) in [6.45, 7) is 7.17. The molecule has 7 rings (SSSR count). The lowest BCUT2D eigenvalue weighted by molar-refractivity contribution is -0.228. The zero-order valence-electron chi connectivity index (χ0n) is 17.4. The van der Waals surface area contributed by atoms with Crippen molar-refractivity contribution in [1.29, 1.82) is 0 Å². The number of rotatable bonds is 1. The van der Waals surface area contributed by atoms with Gasteiger partial charge in [0, 0.05) is 40.0 Å². The third-order valence-electron chi connectivity index (χ3n) is 9.18. The van der Waals surface area contributed by atoms with Crippen LogP contribution in [-0.2, 0) is 5.41 Å². The monoisotopic (exact) mass is 393 g/mol. The first kappa shape index (κ1) is 16.8. The average molecular weight is 393 g/mol. The normalized spacial score (nSPS) is 33.1. The van der Waals surface area contributed by atoms with E-state index in [1.165, 1.54) is 5.69 Å². The SMILES string of the molecule is CC12CC3c4c(n5cc(-c6ccccc6)c6ncccc6c5nc4=O)C(C)(C1)C32C. The zero-order chi connectivity index (χ0) is 20.5. The standard InChI is InChI=1S/C26H23N3O/c1-24-12-18-19-21(25(2,14-24)26(18,24)3)29-13-17(15-8-5-4-6-9-15)20-16(10-7-11-27-20)22(29)28-23(19)30/h4-11,13,18H,12,14H2,1-3H3. The molecule has 3 aliphatic carbocycles. The van der Waals surface area contributed by atoms with Crippen LogP contribution >= 0.6 is 0 Å². The second kappa shape index (κ2) is 4.83. The maximum Gasteiger partial charge on any atom is 0.277 e. The summed E-state index contributed by atoms with van der Waals surface area (Å²) in [6.07, 6.45) is 6.24. The first-order chi connectivity index (χ1) is 14.4. The molecule has 4 nitrogen and oxygen atoms in total. The Morgan fingerprint density at radius 2 is 1.87 bits per heavy atom. The zero-order valence-corrected chi connectivity index (χ0v) is 17.4. The van der Waals surface area contributed by atoms with E-state index >= 15 is 0 Å². The molecular formula is C26H23N3O. The second-order valence-electron chi connectivity index (χ2n) is 10.2. The van der Waals surface area contributed by atoms with Crippen LogP contribution in [0.4, 0.5) is 0 Å². The van der Waals surface area contributed by atoms with Crippen molar-refractivity contribution >= 4 is 16.6 Å². The predicted octanol–water partition coefficient (Wildman–Crippen LogP) is 5.08. The molecule has 2 fully saturated rings. The van der Waals surface area contributed by atoms with Gasteiger partial charge >= 0.3 is 0 Å². The van der Waals surface area contributed by atoms with Gasteiger partial charge < -0.3 is 4.40 Å². The highest BCUT2D eigenvalue weighted by Gasteiger charge is 2.81. The van der Waals surface area contributed by atoms with E-state index in [0.29, 0.717) is 11.3 Å². The molecular weight excluding hydrogens is 370 g/mol. The molecule has 0 amide bonds. The number of pyridine rings is 2. The Kier molecular flexibility index (Phi) is 2.70. The van der Waals surface area contributed by atoms with Gasteiger partial charge in [-0.3, -0.25) is 9.78 Å². The highest BCUT2D eigenvalue weighted by Crippen LogP contribution is 2.86. The van der Waals surface area contributed by atoms with Crippen LogP contribution in [-0.4, -0.2) is 14.4 Å². The smallest absolute Gasteiger partial charge is 0.277 e. The number of hydrogen-bond donors (Lipinski definition) is 0. The van der Waals surface area contributed by atoms with Crippen molar-refractivity contribution in [2.75, 3.05) is 0 Å². The summed E-state index contributed by atoms with van der Waals surface area (Å²) < 4.78 is 2.24. The molecule has 3 aliphatic rings. The topological polar surface area (TPSA) is 47.3 Å². The summed E-state index contributed by atoms with van der Waals surface area (Å²) in [4.78, 5) is 22.6. The first-order valence-electron chi connectivity index (χ1n) is 10.8. The second-order valence-corrected chi connectivity index (χ2v) is 10.2. The summed E-state index contributed by atoms with van der Waals surface area (Å²) in [7, 11) is 0. The summed E-state index contributed by atoms with van der Waals surface area (Å²) in [6, 6.07) is 14.4. The molecule has 4 unspecified atom stereocenters. The van der Waals surface area contributed by atoms with Crippen LogP contribution in [0.15, 0.2) is 59.7 Å². The highest BCUT2D eigenvalue weighted by molar-refractivity contribution is 6.00. The Morgan fingerprint density at radius 3 is 2.63 bits per heavy atom. The molecule has 0 saturated heterocycles. The molecule has 4 aromatic rings. The Balaban J connectivity index is 1.67. The Hall–Kier alpha value is -3.01. The lowest BCUT2D eigenvalue weighted by atomic mass is 9.28. The van der Waals surface area contributed by atoms with Gasteiger partial charge in [0.25, 0.3) is 5.56 Å². The fourth-order valence-corrected chi connectivity index (χ4v) is 7.60. The Morgan fingerprint density at radius 1 is 1.07 bits per heavy atom. The maximum absolute atomic E-state index is 13.3. The van der Waals surface area contributed by atoms with Gasteiger partial charge in [0.1, 0.15) is 0 Å². The minimum atomic E-state index is -0.0356. The minimum Gasteiger partial charge on any atom is -0.303 e. The van der Waals surface area contributed by atoms with Gasteiger partial charge in [0.2, 0.25) is 0 Å². The van der Waals surface area contributed by atoms with E-state index in [1.807, 2.05) is 24.4 Å². The Labute approximate surface area is 174 Å². The van der Waals surface area contributed by atoms with Crippen molar-refractivity contribution in [3.05, 3.63) is 76.5 Å². The molecule has 0 aliphatic heterocycles. The van der Waals surface area contributed by atoms with Gasteiger partial charge in [-0.05, 0) is 47.3 Å². The molecule has 4 atom stereocenters. The van der Waals surface area contributed by atoms with Gasteiger partial charge in [-0.25, -0.2) is 0 Å². The number of aromatic nitrogens is 3. The lowest BCUT2D eigenvalue weighted by Gasteiger charge is -2.75. The van der Waals surface area contributed by atoms with Crippen molar-refractivity contribution in [2.24, 2.45) is 10.8 Å². The van der Waals surface area contributed by atoms with Crippen LogP contribution in [0.3, 0.4) is 0 Å². The van der Waals surface area contributed by atoms with Gasteiger partial charge in [-0.1, -0.05) is 51.1 Å². The fourth-order valence-electron chi connectivity index (χ4n) is 7.60. The molecule has 30 heavy (non-hydrogen) atoms. The third-order valence-corrected chi connectivity index (χ3v) is 9.18. The molecule has 4 heteroatoms. The summed E-state index contributed by atoms with van der Waals surface area (Å²) in [5.74, 6) is 0.331. The van der Waals surface area contributed by atoms with Crippen LogP contribution in [0.25, 0.3) is 27.7 Å². The molecule has 3 aromatic heterocycles. The molecule has 0 bridgehead atoms. The number of nitrogens with zero attached hydrogens (tertiary/aromatic N) is 3. The molecule has 0 radical (unpaired) electrons. The fraction of sp³-hybridized carbons (Fsp3) is 0.346. The minimum absolute atomic E-state index is 0.00879. The predicted molar refractivity (Wildman–Crippen MR) is 118 cm³/mol. The maximum atomic E-state index is 13.3. The molecule has 3 heterocycles. The highest BCUT2D eigenvalue weighted by atomic mass is 16.1. The largest absolute Gasteiger partial charge is 0.303 e. The lowest BCUT2D eigenvalue weighted by Crippen LogP contribution is -2.70. The van der Waals surface area contributed by atoms with E-state index in [9.17, 15) is 4.79 Å². The van der Waals surface area contributed by atoms with Gasteiger partial charge in [0.15, 0.2) is 5.65 Å². The van der Waals surface area contributed by atoms with Crippen LogP contribution in [0.5, 0.6) is 0 Å². The van der Waals surface area contributed by atoms with Crippen molar-refractivity contribution in [3.63, 3.8) is 0 Å². The van der Waals surface area contributed by atoms with Crippen molar-refractivity contribution < 1.29 is 0 Å².